The summed E-state index contributed by atoms with van der Waals surface area (Å²) in [7, 11) is 0. The molecule has 0 bridgehead atoms. The predicted molar refractivity (Wildman–Crippen MR) is 66.7 cm³/mol. The Kier molecular flexibility index (Phi) is 4.62. The molecule has 16 heavy (non-hydrogen) atoms. The summed E-state index contributed by atoms with van der Waals surface area (Å²) in [5.74, 6) is 0.900. The van der Waals surface area contributed by atoms with Crippen molar-refractivity contribution in [1.82, 2.24) is 9.80 Å². The summed E-state index contributed by atoms with van der Waals surface area (Å²) in [5.41, 5.74) is 0. The zero-order chi connectivity index (χ0) is 11.4. The molecule has 0 N–H and O–H groups in total. The molecule has 0 radical (unpaired) electrons. The van der Waals surface area contributed by atoms with Crippen molar-refractivity contribution in [2.75, 3.05) is 45.9 Å². The van der Waals surface area contributed by atoms with Gasteiger partial charge in [-0.3, -0.25) is 4.90 Å². The minimum absolute atomic E-state index is 0.425. The summed E-state index contributed by atoms with van der Waals surface area (Å²) in [6.07, 6.45) is 3.24. The van der Waals surface area contributed by atoms with Gasteiger partial charge in [0.1, 0.15) is 0 Å². The highest BCUT2D eigenvalue weighted by Crippen LogP contribution is 2.15. The molecule has 2 heterocycles. The van der Waals surface area contributed by atoms with Crippen molar-refractivity contribution in [3.05, 3.63) is 0 Å². The van der Waals surface area contributed by atoms with Gasteiger partial charge in [-0.25, -0.2) is 0 Å². The van der Waals surface area contributed by atoms with E-state index < -0.39 is 0 Å². The fourth-order valence-electron chi connectivity index (χ4n) is 2.87. The van der Waals surface area contributed by atoms with Gasteiger partial charge in [-0.15, -0.1) is 0 Å². The maximum absolute atomic E-state index is 5.56. The Hall–Kier alpha value is -0.120. The Labute approximate surface area is 99.7 Å². The molecule has 0 amide bonds. The van der Waals surface area contributed by atoms with E-state index >= 15 is 0 Å². The number of likely N-dealkylation sites (tertiary alicyclic amines) is 1. The number of rotatable bonds is 3. The molecule has 1 unspecified atom stereocenters. The number of ether oxygens (including phenoxy) is 1. The van der Waals surface area contributed by atoms with Crippen molar-refractivity contribution in [3.63, 3.8) is 0 Å². The predicted octanol–water partition coefficient (Wildman–Crippen LogP) is 1.44. The molecule has 94 valence electrons. The lowest BCUT2D eigenvalue weighted by atomic mass is 10.0. The first-order valence-corrected chi connectivity index (χ1v) is 6.80. The lowest BCUT2D eigenvalue weighted by Gasteiger charge is -2.35. The first-order valence-electron chi connectivity index (χ1n) is 6.80. The Morgan fingerprint density at radius 1 is 1.06 bits per heavy atom. The van der Waals surface area contributed by atoms with Crippen molar-refractivity contribution in [2.45, 2.75) is 32.8 Å². The van der Waals surface area contributed by atoms with Crippen LogP contribution in [0.15, 0.2) is 0 Å². The van der Waals surface area contributed by atoms with Crippen LogP contribution in [0.2, 0.25) is 0 Å². The maximum Gasteiger partial charge on any atom is 0.0674 e. The number of piperidine rings is 1. The van der Waals surface area contributed by atoms with Crippen molar-refractivity contribution in [1.29, 1.82) is 0 Å². The number of morpholine rings is 1. The molecule has 2 rings (SSSR count). The molecule has 0 saturated carbocycles. The number of nitrogens with zero attached hydrogens (tertiary/aromatic N) is 2. The molecule has 2 saturated heterocycles. The largest absolute Gasteiger partial charge is 0.376 e. The molecule has 0 aromatic rings. The standard InChI is InChI=1S/C13H26N2O/c1-12-4-3-5-14(10-12)6-7-15-8-9-16-13(2)11-15/h12-13H,3-11H2,1-2H3/t12-,13?/m1/s1. The highest BCUT2D eigenvalue weighted by atomic mass is 16.5. The van der Waals surface area contributed by atoms with E-state index in [9.17, 15) is 0 Å². The normalized spacial score (nSPS) is 34.1. The molecular weight excluding hydrogens is 200 g/mol. The average molecular weight is 226 g/mol. The molecule has 2 fully saturated rings. The summed E-state index contributed by atoms with van der Waals surface area (Å²) in [4.78, 5) is 5.18. The molecule has 2 aliphatic heterocycles. The van der Waals surface area contributed by atoms with Gasteiger partial charge in [-0.2, -0.15) is 0 Å². The fourth-order valence-corrected chi connectivity index (χ4v) is 2.87. The van der Waals surface area contributed by atoms with Crippen molar-refractivity contribution < 1.29 is 4.74 Å². The van der Waals surface area contributed by atoms with Crippen molar-refractivity contribution >= 4 is 0 Å². The van der Waals surface area contributed by atoms with Gasteiger partial charge in [0, 0.05) is 32.7 Å². The Bertz CT molecular complexity index is 188. The van der Waals surface area contributed by atoms with Gasteiger partial charge in [0.2, 0.25) is 0 Å². The summed E-state index contributed by atoms with van der Waals surface area (Å²) in [6, 6.07) is 0. The topological polar surface area (TPSA) is 15.7 Å². The lowest BCUT2D eigenvalue weighted by Crippen LogP contribution is -2.46. The third kappa shape index (κ3) is 3.72. The lowest BCUT2D eigenvalue weighted by molar-refractivity contribution is -0.0215. The van der Waals surface area contributed by atoms with E-state index in [1.807, 2.05) is 0 Å². The average Bonchev–Trinajstić information content (AvgIpc) is 2.27. The van der Waals surface area contributed by atoms with E-state index in [0.717, 1.165) is 25.6 Å². The van der Waals surface area contributed by atoms with E-state index in [1.54, 1.807) is 0 Å². The Morgan fingerprint density at radius 3 is 2.50 bits per heavy atom. The first kappa shape index (κ1) is 12.3. The molecule has 2 aliphatic rings. The van der Waals surface area contributed by atoms with Crippen LogP contribution in [0.25, 0.3) is 0 Å². The van der Waals surface area contributed by atoms with Crippen molar-refractivity contribution in [3.8, 4) is 0 Å². The highest BCUT2D eigenvalue weighted by molar-refractivity contribution is 4.73. The second-order valence-electron chi connectivity index (χ2n) is 5.53. The molecule has 3 nitrogen and oxygen atoms in total. The van der Waals surface area contributed by atoms with Gasteiger partial charge in [0.05, 0.1) is 12.7 Å². The maximum atomic E-state index is 5.56. The van der Waals surface area contributed by atoms with Crippen LogP contribution >= 0.6 is 0 Å². The number of hydrogen-bond donors (Lipinski definition) is 0. The first-order chi connectivity index (χ1) is 7.74. The summed E-state index contributed by atoms with van der Waals surface area (Å²) >= 11 is 0. The van der Waals surface area contributed by atoms with Gasteiger partial charge in [-0.05, 0) is 32.2 Å². The minimum Gasteiger partial charge on any atom is -0.376 e. The molecular formula is C13H26N2O. The molecule has 0 aromatic carbocycles. The van der Waals surface area contributed by atoms with E-state index in [2.05, 4.69) is 23.6 Å². The van der Waals surface area contributed by atoms with E-state index in [4.69, 9.17) is 4.74 Å². The van der Waals surface area contributed by atoms with Crippen LogP contribution in [0.4, 0.5) is 0 Å². The second kappa shape index (κ2) is 5.99. The van der Waals surface area contributed by atoms with Crippen LogP contribution < -0.4 is 0 Å². The van der Waals surface area contributed by atoms with E-state index in [-0.39, 0.29) is 0 Å². The van der Waals surface area contributed by atoms with Gasteiger partial charge in [0.15, 0.2) is 0 Å². The third-order valence-electron chi connectivity index (χ3n) is 3.80. The quantitative estimate of drug-likeness (QED) is 0.724. The van der Waals surface area contributed by atoms with Crippen LogP contribution in [0.5, 0.6) is 0 Å². The fraction of sp³-hybridized carbons (Fsp3) is 1.00. The molecule has 2 atom stereocenters. The van der Waals surface area contributed by atoms with E-state index in [1.165, 1.54) is 39.0 Å². The second-order valence-corrected chi connectivity index (χ2v) is 5.53. The van der Waals surface area contributed by atoms with Gasteiger partial charge < -0.3 is 9.64 Å². The summed E-state index contributed by atoms with van der Waals surface area (Å²) < 4.78 is 5.56. The monoisotopic (exact) mass is 226 g/mol. The summed E-state index contributed by atoms with van der Waals surface area (Å²) in [6.45, 7) is 12.8. The minimum atomic E-state index is 0.425. The van der Waals surface area contributed by atoms with Crippen LogP contribution in [0.3, 0.4) is 0 Å². The van der Waals surface area contributed by atoms with Crippen LogP contribution in [0, 0.1) is 5.92 Å². The van der Waals surface area contributed by atoms with E-state index in [0.29, 0.717) is 6.10 Å². The molecule has 3 heteroatoms. The van der Waals surface area contributed by atoms with Crippen molar-refractivity contribution in [2.24, 2.45) is 5.92 Å². The third-order valence-corrected chi connectivity index (χ3v) is 3.80. The van der Waals surface area contributed by atoms with Gasteiger partial charge in [0.25, 0.3) is 0 Å². The zero-order valence-electron chi connectivity index (χ0n) is 10.8. The smallest absolute Gasteiger partial charge is 0.0674 e. The zero-order valence-corrected chi connectivity index (χ0v) is 10.8. The Balaban J connectivity index is 1.66. The van der Waals surface area contributed by atoms with Gasteiger partial charge >= 0.3 is 0 Å². The summed E-state index contributed by atoms with van der Waals surface area (Å²) in [5, 5.41) is 0. The SMILES string of the molecule is CC1CN(CCN2CCC[C@@H](C)C2)CCO1. The highest BCUT2D eigenvalue weighted by Gasteiger charge is 2.19. The number of hydrogen-bond acceptors (Lipinski definition) is 3. The van der Waals surface area contributed by atoms with Crippen LogP contribution in [-0.2, 0) is 4.74 Å². The molecule has 0 aliphatic carbocycles. The van der Waals surface area contributed by atoms with Crippen LogP contribution in [0.1, 0.15) is 26.7 Å². The molecule has 0 aromatic heterocycles. The Morgan fingerprint density at radius 2 is 1.81 bits per heavy atom. The molecule has 0 spiro atoms. The van der Waals surface area contributed by atoms with Crippen LogP contribution in [-0.4, -0.2) is 61.8 Å². The van der Waals surface area contributed by atoms with Gasteiger partial charge in [-0.1, -0.05) is 6.92 Å².